The molecule has 0 aromatic carbocycles. The van der Waals surface area contributed by atoms with E-state index in [4.69, 9.17) is 5.73 Å². The van der Waals surface area contributed by atoms with Gasteiger partial charge >= 0.3 is 6.03 Å². The minimum absolute atomic E-state index is 0.236. The Hall–Kier alpha value is -1.78. The van der Waals surface area contributed by atoms with E-state index in [0.717, 1.165) is 5.56 Å². The molecule has 0 saturated carbocycles. The Morgan fingerprint density at radius 2 is 2.42 bits per heavy atom. The zero-order chi connectivity index (χ0) is 8.55. The number of rotatable bonds is 0. The van der Waals surface area contributed by atoms with Gasteiger partial charge in [0.1, 0.15) is 5.82 Å². The van der Waals surface area contributed by atoms with E-state index in [9.17, 15) is 4.79 Å². The Labute approximate surface area is 69.0 Å². The van der Waals surface area contributed by atoms with E-state index in [1.54, 1.807) is 12.3 Å². The summed E-state index contributed by atoms with van der Waals surface area (Å²) in [6.45, 7) is 0.445. The Balaban J connectivity index is 2.48. The van der Waals surface area contributed by atoms with Gasteiger partial charge in [0.05, 0.1) is 6.54 Å². The van der Waals surface area contributed by atoms with Gasteiger partial charge < -0.3 is 11.1 Å². The Kier molecular flexibility index (Phi) is 1.36. The molecule has 2 heterocycles. The molecule has 0 bridgehead atoms. The number of anilines is 2. The van der Waals surface area contributed by atoms with Crippen LogP contribution < -0.4 is 16.4 Å². The van der Waals surface area contributed by atoms with Gasteiger partial charge in [-0.3, -0.25) is 5.32 Å². The maximum atomic E-state index is 10.8. The van der Waals surface area contributed by atoms with Crippen molar-refractivity contribution >= 4 is 17.5 Å². The first-order chi connectivity index (χ1) is 5.77. The van der Waals surface area contributed by atoms with Crippen LogP contribution in [0, 0.1) is 0 Å². The van der Waals surface area contributed by atoms with E-state index >= 15 is 0 Å². The van der Waals surface area contributed by atoms with Gasteiger partial charge in [0, 0.05) is 17.4 Å². The molecule has 0 spiro atoms. The van der Waals surface area contributed by atoms with Crippen molar-refractivity contribution in [3.8, 4) is 0 Å². The fourth-order valence-corrected chi connectivity index (χ4v) is 1.12. The third-order valence-electron chi connectivity index (χ3n) is 1.75. The molecule has 1 aromatic heterocycles. The van der Waals surface area contributed by atoms with Crippen LogP contribution in [0.2, 0.25) is 0 Å². The van der Waals surface area contributed by atoms with Crippen molar-refractivity contribution in [3.63, 3.8) is 0 Å². The number of nitrogens with two attached hydrogens (primary N) is 1. The zero-order valence-corrected chi connectivity index (χ0v) is 6.29. The van der Waals surface area contributed by atoms with Gasteiger partial charge in [0.2, 0.25) is 0 Å². The molecule has 62 valence electrons. The molecule has 0 radical (unpaired) electrons. The maximum absolute atomic E-state index is 10.8. The van der Waals surface area contributed by atoms with Crippen LogP contribution in [-0.4, -0.2) is 11.0 Å². The molecule has 1 aliphatic heterocycles. The SMILES string of the molecule is Nc1ccnc2c1CNC(=O)N2. The third-order valence-corrected chi connectivity index (χ3v) is 1.75. The van der Waals surface area contributed by atoms with Crippen molar-refractivity contribution in [2.45, 2.75) is 6.54 Å². The number of nitrogens with one attached hydrogen (secondary N) is 2. The Morgan fingerprint density at radius 1 is 1.58 bits per heavy atom. The average molecular weight is 164 g/mol. The summed E-state index contributed by atoms with van der Waals surface area (Å²) in [5.74, 6) is 0.554. The molecule has 0 saturated heterocycles. The lowest BCUT2D eigenvalue weighted by Crippen LogP contribution is -2.34. The van der Waals surface area contributed by atoms with Crippen molar-refractivity contribution < 1.29 is 4.79 Å². The predicted octanol–water partition coefficient (Wildman–Crippen LogP) is 0.299. The molecule has 12 heavy (non-hydrogen) atoms. The topological polar surface area (TPSA) is 80.0 Å². The molecule has 5 heteroatoms. The van der Waals surface area contributed by atoms with Crippen LogP contribution in [0.15, 0.2) is 12.3 Å². The average Bonchev–Trinajstić information content (AvgIpc) is 2.04. The summed E-state index contributed by atoms with van der Waals surface area (Å²) >= 11 is 0. The number of aromatic nitrogens is 1. The van der Waals surface area contributed by atoms with E-state index < -0.39 is 0 Å². The first kappa shape index (κ1) is 6.90. The monoisotopic (exact) mass is 164 g/mol. The van der Waals surface area contributed by atoms with Crippen molar-refractivity contribution in [2.75, 3.05) is 11.1 Å². The number of carbonyl (C=O) groups excluding carboxylic acids is 1. The molecule has 0 atom stereocenters. The fraction of sp³-hybridized carbons (Fsp3) is 0.143. The third kappa shape index (κ3) is 0.952. The minimum atomic E-state index is -0.236. The molecule has 2 amide bonds. The highest BCUT2D eigenvalue weighted by atomic mass is 16.2. The largest absolute Gasteiger partial charge is 0.398 e. The summed E-state index contributed by atoms with van der Waals surface area (Å²) in [5.41, 5.74) is 7.15. The molecular formula is C7H8N4O. The van der Waals surface area contributed by atoms with Crippen LogP contribution in [-0.2, 0) is 6.54 Å². The molecule has 5 nitrogen and oxygen atoms in total. The molecule has 1 aromatic rings. The van der Waals surface area contributed by atoms with Gasteiger partial charge in [-0.1, -0.05) is 0 Å². The van der Waals surface area contributed by atoms with E-state index in [-0.39, 0.29) is 6.03 Å². The number of nitrogen functional groups attached to an aromatic ring is 1. The lowest BCUT2D eigenvalue weighted by atomic mass is 10.2. The number of fused-ring (bicyclic) bond motifs is 1. The van der Waals surface area contributed by atoms with E-state index in [0.29, 0.717) is 18.1 Å². The predicted molar refractivity (Wildman–Crippen MR) is 44.5 cm³/mol. The second kappa shape index (κ2) is 2.37. The standard InChI is InChI=1S/C7H8N4O/c8-5-1-2-9-6-4(5)3-10-7(12)11-6/h1-2H,3H2,(H4,8,9,10,11,12). The summed E-state index contributed by atoms with van der Waals surface area (Å²) in [6, 6.07) is 1.47. The minimum Gasteiger partial charge on any atom is -0.398 e. The second-order valence-corrected chi connectivity index (χ2v) is 2.54. The normalized spacial score (nSPS) is 14.5. The molecule has 2 rings (SSSR count). The van der Waals surface area contributed by atoms with Crippen LogP contribution in [0.25, 0.3) is 0 Å². The number of urea groups is 1. The molecule has 0 unspecified atom stereocenters. The smallest absolute Gasteiger partial charge is 0.320 e. The number of pyridine rings is 1. The lowest BCUT2D eigenvalue weighted by molar-refractivity contribution is 0.250. The van der Waals surface area contributed by atoms with Crippen molar-refractivity contribution in [1.29, 1.82) is 0 Å². The molecule has 0 fully saturated rings. The van der Waals surface area contributed by atoms with Crippen LogP contribution in [0.1, 0.15) is 5.56 Å². The summed E-state index contributed by atoms with van der Waals surface area (Å²) in [4.78, 5) is 14.8. The quantitative estimate of drug-likeness (QED) is 0.515. The number of carbonyl (C=O) groups is 1. The zero-order valence-electron chi connectivity index (χ0n) is 6.29. The maximum Gasteiger partial charge on any atom is 0.320 e. The Bertz CT molecular complexity index is 336. The van der Waals surface area contributed by atoms with Gasteiger partial charge in [-0.2, -0.15) is 0 Å². The summed E-state index contributed by atoms with van der Waals surface area (Å²) < 4.78 is 0. The number of amides is 2. The highest BCUT2D eigenvalue weighted by molar-refractivity contribution is 5.92. The van der Waals surface area contributed by atoms with Gasteiger partial charge in [0.15, 0.2) is 0 Å². The second-order valence-electron chi connectivity index (χ2n) is 2.54. The van der Waals surface area contributed by atoms with Gasteiger partial charge in [-0.25, -0.2) is 9.78 Å². The summed E-state index contributed by atoms with van der Waals surface area (Å²) in [6.07, 6.45) is 1.57. The van der Waals surface area contributed by atoms with Crippen LogP contribution in [0.4, 0.5) is 16.3 Å². The van der Waals surface area contributed by atoms with Crippen LogP contribution >= 0.6 is 0 Å². The van der Waals surface area contributed by atoms with Crippen LogP contribution in [0.3, 0.4) is 0 Å². The molecule has 1 aliphatic rings. The fourth-order valence-electron chi connectivity index (χ4n) is 1.12. The van der Waals surface area contributed by atoms with Crippen molar-refractivity contribution in [3.05, 3.63) is 17.8 Å². The Morgan fingerprint density at radius 3 is 3.25 bits per heavy atom. The summed E-state index contributed by atoms with van der Waals surface area (Å²) in [7, 11) is 0. The molecule has 0 aliphatic carbocycles. The highest BCUT2D eigenvalue weighted by Crippen LogP contribution is 2.21. The number of hydrogen-bond acceptors (Lipinski definition) is 3. The first-order valence-corrected chi connectivity index (χ1v) is 3.55. The number of nitrogens with zero attached hydrogens (tertiary/aromatic N) is 1. The summed E-state index contributed by atoms with van der Waals surface area (Å²) in [5, 5.41) is 5.17. The van der Waals surface area contributed by atoms with Crippen LogP contribution in [0.5, 0.6) is 0 Å². The van der Waals surface area contributed by atoms with Gasteiger partial charge in [-0.05, 0) is 6.07 Å². The lowest BCUT2D eigenvalue weighted by Gasteiger charge is -2.17. The van der Waals surface area contributed by atoms with Crippen molar-refractivity contribution in [2.24, 2.45) is 0 Å². The highest BCUT2D eigenvalue weighted by Gasteiger charge is 2.16. The van der Waals surface area contributed by atoms with Crippen molar-refractivity contribution in [1.82, 2.24) is 10.3 Å². The first-order valence-electron chi connectivity index (χ1n) is 3.55. The number of hydrogen-bond donors (Lipinski definition) is 3. The van der Waals surface area contributed by atoms with Gasteiger partial charge in [-0.15, -0.1) is 0 Å². The van der Waals surface area contributed by atoms with E-state index in [2.05, 4.69) is 15.6 Å². The van der Waals surface area contributed by atoms with Gasteiger partial charge in [0.25, 0.3) is 0 Å². The van der Waals surface area contributed by atoms with E-state index in [1.807, 2.05) is 0 Å². The molecular weight excluding hydrogens is 156 g/mol. The van der Waals surface area contributed by atoms with E-state index in [1.165, 1.54) is 0 Å². The molecule has 4 N–H and O–H groups in total.